The van der Waals surface area contributed by atoms with Crippen molar-refractivity contribution >= 4 is 17.4 Å². The number of rotatable bonds is 3. The number of piperazine rings is 1. The number of para-hydroxylation sites is 1. The first kappa shape index (κ1) is 16.4. The Morgan fingerprint density at radius 2 is 1.54 bits per heavy atom. The number of benzene rings is 2. The molecule has 4 heteroatoms. The van der Waals surface area contributed by atoms with Crippen LogP contribution in [0, 0.1) is 0 Å². The van der Waals surface area contributed by atoms with Crippen molar-refractivity contribution in [1.29, 1.82) is 0 Å². The lowest BCUT2D eigenvalue weighted by atomic mass is 10.0. The van der Waals surface area contributed by atoms with Gasteiger partial charge in [-0.05, 0) is 35.7 Å². The minimum Gasteiger partial charge on any atom is -0.368 e. The molecule has 4 nitrogen and oxygen atoms in total. The van der Waals surface area contributed by atoms with E-state index in [9.17, 15) is 4.79 Å². The van der Waals surface area contributed by atoms with E-state index in [0.29, 0.717) is 5.92 Å². The standard InChI is InChI=1S/C20H25N3O/c1-16(2)17-8-10-18(11-9-17)21-20(24)23-14-12-22(13-15-23)19-6-4-3-5-7-19/h3-11,16H,12-15H2,1-2H3,(H,21,24). The first-order valence-electron chi connectivity index (χ1n) is 8.59. The molecular formula is C20H25N3O. The van der Waals surface area contributed by atoms with Crippen molar-refractivity contribution in [1.82, 2.24) is 4.90 Å². The molecule has 1 aliphatic heterocycles. The SMILES string of the molecule is CC(C)c1ccc(NC(=O)N2CCN(c3ccccc3)CC2)cc1. The van der Waals surface area contributed by atoms with Gasteiger partial charge in [0.25, 0.3) is 0 Å². The molecule has 1 fully saturated rings. The second-order valence-corrected chi connectivity index (χ2v) is 6.52. The van der Waals surface area contributed by atoms with Crippen LogP contribution in [-0.4, -0.2) is 37.1 Å². The average Bonchev–Trinajstić information content (AvgIpc) is 2.63. The summed E-state index contributed by atoms with van der Waals surface area (Å²) in [4.78, 5) is 16.6. The zero-order valence-corrected chi connectivity index (χ0v) is 14.4. The molecule has 126 valence electrons. The summed E-state index contributed by atoms with van der Waals surface area (Å²) in [7, 11) is 0. The number of carbonyl (C=O) groups is 1. The third kappa shape index (κ3) is 3.88. The van der Waals surface area contributed by atoms with E-state index in [1.165, 1.54) is 11.3 Å². The molecule has 0 aromatic heterocycles. The van der Waals surface area contributed by atoms with Gasteiger partial charge in [-0.1, -0.05) is 44.2 Å². The number of hydrogen-bond donors (Lipinski definition) is 1. The van der Waals surface area contributed by atoms with Crippen LogP contribution in [0.15, 0.2) is 54.6 Å². The van der Waals surface area contributed by atoms with Crippen LogP contribution in [0.25, 0.3) is 0 Å². The Morgan fingerprint density at radius 1 is 0.917 bits per heavy atom. The predicted molar refractivity (Wildman–Crippen MR) is 99.8 cm³/mol. The van der Waals surface area contributed by atoms with Gasteiger partial charge in [-0.15, -0.1) is 0 Å². The van der Waals surface area contributed by atoms with Gasteiger partial charge in [0, 0.05) is 37.6 Å². The zero-order valence-electron chi connectivity index (χ0n) is 14.4. The smallest absolute Gasteiger partial charge is 0.321 e. The number of nitrogens with one attached hydrogen (secondary N) is 1. The molecule has 24 heavy (non-hydrogen) atoms. The summed E-state index contributed by atoms with van der Waals surface area (Å²) >= 11 is 0. The van der Waals surface area contributed by atoms with Gasteiger partial charge in [0.1, 0.15) is 0 Å². The van der Waals surface area contributed by atoms with Gasteiger partial charge in [0.05, 0.1) is 0 Å². The normalized spacial score (nSPS) is 14.8. The molecule has 3 rings (SSSR count). The second kappa shape index (κ2) is 7.39. The molecule has 2 amide bonds. The monoisotopic (exact) mass is 323 g/mol. The minimum absolute atomic E-state index is 0.0139. The van der Waals surface area contributed by atoms with Gasteiger partial charge < -0.3 is 15.1 Å². The molecule has 2 aromatic carbocycles. The van der Waals surface area contributed by atoms with Gasteiger partial charge in [0.15, 0.2) is 0 Å². The molecular weight excluding hydrogens is 298 g/mol. The maximum atomic E-state index is 12.4. The molecule has 0 bridgehead atoms. The quantitative estimate of drug-likeness (QED) is 0.920. The maximum Gasteiger partial charge on any atom is 0.321 e. The van der Waals surface area contributed by atoms with Gasteiger partial charge in [-0.2, -0.15) is 0 Å². The minimum atomic E-state index is -0.0139. The van der Waals surface area contributed by atoms with E-state index >= 15 is 0 Å². The summed E-state index contributed by atoms with van der Waals surface area (Å²) in [5, 5.41) is 3.00. The Kier molecular flexibility index (Phi) is 5.04. The fourth-order valence-electron chi connectivity index (χ4n) is 2.96. The molecule has 0 spiro atoms. The predicted octanol–water partition coefficient (Wildman–Crippen LogP) is 4.16. The highest BCUT2D eigenvalue weighted by atomic mass is 16.2. The van der Waals surface area contributed by atoms with Crippen LogP contribution < -0.4 is 10.2 Å². The van der Waals surface area contributed by atoms with Crippen molar-refractivity contribution in [3.63, 3.8) is 0 Å². The highest BCUT2D eigenvalue weighted by Gasteiger charge is 2.21. The molecule has 0 atom stereocenters. The molecule has 1 saturated heterocycles. The highest BCUT2D eigenvalue weighted by molar-refractivity contribution is 5.89. The summed E-state index contributed by atoms with van der Waals surface area (Å²) < 4.78 is 0. The van der Waals surface area contributed by atoms with E-state index in [4.69, 9.17) is 0 Å². The lowest BCUT2D eigenvalue weighted by molar-refractivity contribution is 0.208. The zero-order chi connectivity index (χ0) is 16.9. The average molecular weight is 323 g/mol. The number of urea groups is 1. The van der Waals surface area contributed by atoms with Crippen molar-refractivity contribution < 1.29 is 4.79 Å². The van der Waals surface area contributed by atoms with Crippen LogP contribution in [0.5, 0.6) is 0 Å². The Labute approximate surface area is 144 Å². The highest BCUT2D eigenvalue weighted by Crippen LogP contribution is 2.19. The first-order chi connectivity index (χ1) is 11.6. The van der Waals surface area contributed by atoms with Crippen molar-refractivity contribution in [3.8, 4) is 0 Å². The molecule has 1 heterocycles. The number of anilines is 2. The third-order valence-electron chi connectivity index (χ3n) is 4.52. The molecule has 1 aliphatic rings. The Bertz CT molecular complexity index is 659. The van der Waals surface area contributed by atoms with E-state index < -0.39 is 0 Å². The summed E-state index contributed by atoms with van der Waals surface area (Å²) in [6.45, 7) is 7.54. The van der Waals surface area contributed by atoms with E-state index in [2.05, 4.69) is 60.5 Å². The largest absolute Gasteiger partial charge is 0.368 e. The van der Waals surface area contributed by atoms with Gasteiger partial charge in [-0.25, -0.2) is 4.79 Å². The van der Waals surface area contributed by atoms with Gasteiger partial charge >= 0.3 is 6.03 Å². The lowest BCUT2D eigenvalue weighted by Crippen LogP contribution is -2.50. The summed E-state index contributed by atoms with van der Waals surface area (Å²) in [6.07, 6.45) is 0. The van der Waals surface area contributed by atoms with Crippen LogP contribution in [0.4, 0.5) is 16.2 Å². The maximum absolute atomic E-state index is 12.4. The first-order valence-corrected chi connectivity index (χ1v) is 8.59. The molecule has 1 N–H and O–H groups in total. The van der Waals surface area contributed by atoms with E-state index in [1.807, 2.05) is 23.1 Å². The van der Waals surface area contributed by atoms with E-state index in [-0.39, 0.29) is 6.03 Å². The molecule has 0 radical (unpaired) electrons. The van der Waals surface area contributed by atoms with Gasteiger partial charge in [-0.3, -0.25) is 0 Å². The van der Waals surface area contributed by atoms with Crippen LogP contribution in [0.1, 0.15) is 25.3 Å². The molecule has 0 saturated carbocycles. The summed E-state index contributed by atoms with van der Waals surface area (Å²) in [6, 6.07) is 18.5. The third-order valence-corrected chi connectivity index (χ3v) is 4.52. The Balaban J connectivity index is 1.53. The van der Waals surface area contributed by atoms with Crippen LogP contribution in [0.2, 0.25) is 0 Å². The lowest BCUT2D eigenvalue weighted by Gasteiger charge is -2.36. The Morgan fingerprint density at radius 3 is 2.12 bits per heavy atom. The van der Waals surface area contributed by atoms with E-state index in [1.54, 1.807) is 0 Å². The number of amides is 2. The molecule has 2 aromatic rings. The van der Waals surface area contributed by atoms with Crippen molar-refractivity contribution in [2.75, 3.05) is 36.4 Å². The van der Waals surface area contributed by atoms with Crippen LogP contribution in [-0.2, 0) is 0 Å². The summed E-state index contributed by atoms with van der Waals surface area (Å²) in [5.74, 6) is 0.501. The molecule has 0 aliphatic carbocycles. The van der Waals surface area contributed by atoms with Crippen molar-refractivity contribution in [3.05, 3.63) is 60.2 Å². The van der Waals surface area contributed by atoms with Crippen LogP contribution in [0.3, 0.4) is 0 Å². The topological polar surface area (TPSA) is 35.6 Å². The van der Waals surface area contributed by atoms with Crippen LogP contribution >= 0.6 is 0 Å². The fraction of sp³-hybridized carbons (Fsp3) is 0.350. The Hall–Kier alpha value is -2.49. The number of hydrogen-bond acceptors (Lipinski definition) is 2. The van der Waals surface area contributed by atoms with E-state index in [0.717, 1.165) is 31.9 Å². The molecule has 0 unspecified atom stereocenters. The number of carbonyl (C=O) groups excluding carboxylic acids is 1. The van der Waals surface area contributed by atoms with Crippen molar-refractivity contribution in [2.24, 2.45) is 0 Å². The van der Waals surface area contributed by atoms with Gasteiger partial charge in [0.2, 0.25) is 0 Å². The summed E-state index contributed by atoms with van der Waals surface area (Å²) in [5.41, 5.74) is 3.36. The number of nitrogens with zero attached hydrogens (tertiary/aromatic N) is 2. The van der Waals surface area contributed by atoms with Crippen molar-refractivity contribution in [2.45, 2.75) is 19.8 Å². The fourth-order valence-corrected chi connectivity index (χ4v) is 2.96. The second-order valence-electron chi connectivity index (χ2n) is 6.52.